The maximum absolute atomic E-state index is 12.4. The van der Waals surface area contributed by atoms with E-state index in [0.717, 1.165) is 5.75 Å². The minimum absolute atomic E-state index is 0.0985. The highest BCUT2D eigenvalue weighted by molar-refractivity contribution is 9.09. The molecule has 28 heavy (non-hydrogen) atoms. The molecule has 0 bridgehead atoms. The van der Waals surface area contributed by atoms with Gasteiger partial charge in [-0.05, 0) is 58.8 Å². The molecule has 4 heteroatoms. The van der Waals surface area contributed by atoms with Gasteiger partial charge < -0.3 is 9.22 Å². The summed E-state index contributed by atoms with van der Waals surface area (Å²) in [4.78, 5) is 12.6. The molecule has 0 spiro atoms. The van der Waals surface area contributed by atoms with Crippen LogP contribution in [0.1, 0.15) is 120 Å². The second-order valence-corrected chi connectivity index (χ2v) is 10.8. The van der Waals surface area contributed by atoms with Gasteiger partial charge in [0.2, 0.25) is 10.5 Å². The lowest BCUT2D eigenvalue weighted by molar-refractivity contribution is -0.109. The lowest BCUT2D eigenvalue weighted by Gasteiger charge is -2.34. The second-order valence-electron chi connectivity index (χ2n) is 9.38. The number of rotatable bonds is 8. The Morgan fingerprint density at radius 1 is 0.964 bits per heavy atom. The summed E-state index contributed by atoms with van der Waals surface area (Å²) < 4.78 is 6.07. The van der Waals surface area contributed by atoms with Crippen LogP contribution in [-0.4, -0.2) is 21.6 Å². The molecule has 0 aliphatic heterocycles. The summed E-state index contributed by atoms with van der Waals surface area (Å²) in [7, 11) is 0.678. The first-order valence-electron chi connectivity index (χ1n) is 11.1. The highest BCUT2D eigenvalue weighted by atomic mass is 79.9. The average Bonchev–Trinajstić information content (AvgIpc) is 2.67. The largest absolute Gasteiger partial charge is 0.553 e. The first-order valence-corrected chi connectivity index (χ1v) is 12.8. The van der Waals surface area contributed by atoms with Crippen LogP contribution in [0, 0.1) is 5.92 Å². The molecule has 0 N–H and O–H groups in total. The third-order valence-corrected chi connectivity index (χ3v) is 8.07. The standard InChI is InChI=1S/C24H39BrO2Si/c1-14(2)18-12-19(20(13-26)23(25)17-10-8-7-9-11-17)21(15(3)4)22(16(5)6)24(18)27-28/h12-17,20,23H,7-11H2,1-6,28H3. The SMILES string of the molecule is CC(C)c1cc(C(C=O)C(Br)C2CCCCC2)c(C(C)C)c(C(C)C)c1O[SiH3]. The van der Waals surface area contributed by atoms with Crippen LogP contribution in [0.2, 0.25) is 0 Å². The first-order chi connectivity index (χ1) is 13.2. The second kappa shape index (κ2) is 10.4. The summed E-state index contributed by atoms with van der Waals surface area (Å²) in [6.45, 7) is 13.5. The molecule has 1 saturated carbocycles. The van der Waals surface area contributed by atoms with Crippen molar-refractivity contribution < 1.29 is 9.22 Å². The van der Waals surface area contributed by atoms with Gasteiger partial charge in [-0.1, -0.05) is 82.8 Å². The van der Waals surface area contributed by atoms with E-state index in [-0.39, 0.29) is 10.7 Å². The van der Waals surface area contributed by atoms with Crippen molar-refractivity contribution in [1.29, 1.82) is 0 Å². The van der Waals surface area contributed by atoms with Gasteiger partial charge in [0.15, 0.2) is 0 Å². The van der Waals surface area contributed by atoms with Crippen LogP contribution in [0.25, 0.3) is 0 Å². The molecule has 158 valence electrons. The Balaban J connectivity index is 2.70. The van der Waals surface area contributed by atoms with Crippen molar-refractivity contribution in [2.24, 2.45) is 5.92 Å². The molecule has 1 aromatic rings. The highest BCUT2D eigenvalue weighted by Crippen LogP contribution is 2.46. The van der Waals surface area contributed by atoms with Crippen LogP contribution in [0.5, 0.6) is 5.75 Å². The Morgan fingerprint density at radius 3 is 1.96 bits per heavy atom. The van der Waals surface area contributed by atoms with Crippen molar-refractivity contribution in [1.82, 2.24) is 0 Å². The summed E-state index contributed by atoms with van der Waals surface area (Å²) in [5.41, 5.74) is 5.14. The Hall–Kier alpha value is -0.613. The van der Waals surface area contributed by atoms with Crippen molar-refractivity contribution in [2.45, 2.75) is 102 Å². The minimum atomic E-state index is -0.0985. The van der Waals surface area contributed by atoms with Gasteiger partial charge >= 0.3 is 0 Å². The number of hydrogen-bond donors (Lipinski definition) is 0. The molecule has 2 unspecified atom stereocenters. The fourth-order valence-electron chi connectivity index (χ4n) is 4.96. The number of hydrogen-bond acceptors (Lipinski definition) is 2. The van der Waals surface area contributed by atoms with Crippen molar-refractivity contribution in [3.63, 3.8) is 0 Å². The molecule has 1 aliphatic rings. The van der Waals surface area contributed by atoms with Crippen LogP contribution in [0.3, 0.4) is 0 Å². The van der Waals surface area contributed by atoms with Gasteiger partial charge in [0.25, 0.3) is 0 Å². The average molecular weight is 468 g/mol. The van der Waals surface area contributed by atoms with E-state index in [1.165, 1.54) is 60.6 Å². The smallest absolute Gasteiger partial charge is 0.204 e. The third kappa shape index (κ3) is 4.92. The molecule has 1 aliphatic carbocycles. The summed E-state index contributed by atoms with van der Waals surface area (Å²) in [5, 5.41) is 0. The molecule has 0 radical (unpaired) electrons. The summed E-state index contributed by atoms with van der Waals surface area (Å²) >= 11 is 3.99. The maximum atomic E-state index is 12.4. The monoisotopic (exact) mass is 466 g/mol. The molecule has 1 fully saturated rings. The van der Waals surface area contributed by atoms with Crippen molar-refractivity contribution in [3.8, 4) is 5.75 Å². The van der Waals surface area contributed by atoms with E-state index in [0.29, 0.717) is 34.2 Å². The zero-order chi connectivity index (χ0) is 21.0. The molecule has 2 rings (SSSR count). The summed E-state index contributed by atoms with van der Waals surface area (Å²) in [5.74, 6) is 2.67. The summed E-state index contributed by atoms with van der Waals surface area (Å²) in [6, 6.07) is 2.30. The number of carbonyl (C=O) groups is 1. The molecule has 0 heterocycles. The predicted molar refractivity (Wildman–Crippen MR) is 127 cm³/mol. The van der Waals surface area contributed by atoms with Gasteiger partial charge in [0.05, 0.1) is 5.92 Å². The first kappa shape index (κ1) is 23.7. The van der Waals surface area contributed by atoms with Crippen LogP contribution < -0.4 is 4.43 Å². The third-order valence-electron chi connectivity index (χ3n) is 6.35. The van der Waals surface area contributed by atoms with Crippen molar-refractivity contribution >= 4 is 32.7 Å². The van der Waals surface area contributed by atoms with E-state index >= 15 is 0 Å². The van der Waals surface area contributed by atoms with Gasteiger partial charge in [0, 0.05) is 4.83 Å². The number of halogens is 1. The fourth-order valence-corrected chi connectivity index (χ4v) is 6.35. The van der Waals surface area contributed by atoms with E-state index in [1.807, 2.05) is 0 Å². The predicted octanol–water partition coefficient (Wildman–Crippen LogP) is 6.34. The zero-order valence-corrected chi connectivity index (χ0v) is 22.4. The normalized spacial score (nSPS) is 18.1. The Labute approximate surface area is 183 Å². The lowest BCUT2D eigenvalue weighted by Crippen LogP contribution is -2.27. The Morgan fingerprint density at radius 2 is 1.54 bits per heavy atom. The fraction of sp³-hybridized carbons (Fsp3) is 0.708. The van der Waals surface area contributed by atoms with Crippen LogP contribution in [0.15, 0.2) is 6.07 Å². The lowest BCUT2D eigenvalue weighted by atomic mass is 9.75. The van der Waals surface area contributed by atoms with Gasteiger partial charge in [-0.15, -0.1) is 0 Å². The van der Waals surface area contributed by atoms with Crippen LogP contribution >= 0.6 is 15.9 Å². The zero-order valence-electron chi connectivity index (χ0n) is 18.8. The molecule has 2 nitrogen and oxygen atoms in total. The molecule has 0 amide bonds. The highest BCUT2D eigenvalue weighted by Gasteiger charge is 2.34. The van der Waals surface area contributed by atoms with E-state index < -0.39 is 0 Å². The van der Waals surface area contributed by atoms with E-state index in [9.17, 15) is 4.79 Å². The number of aldehydes is 1. The number of benzene rings is 1. The molecule has 0 aromatic heterocycles. The molecular formula is C24H39BrO2Si. The van der Waals surface area contributed by atoms with E-state index in [4.69, 9.17) is 4.43 Å². The van der Waals surface area contributed by atoms with Gasteiger partial charge in [-0.25, -0.2) is 0 Å². The van der Waals surface area contributed by atoms with Crippen LogP contribution in [0.4, 0.5) is 0 Å². The topological polar surface area (TPSA) is 26.3 Å². The van der Waals surface area contributed by atoms with E-state index in [2.05, 4.69) is 63.5 Å². The van der Waals surface area contributed by atoms with Crippen molar-refractivity contribution in [2.75, 3.05) is 0 Å². The van der Waals surface area contributed by atoms with Crippen LogP contribution in [-0.2, 0) is 4.79 Å². The van der Waals surface area contributed by atoms with Gasteiger partial charge in [-0.2, -0.15) is 0 Å². The molecule has 1 aromatic carbocycles. The maximum Gasteiger partial charge on any atom is 0.204 e. The molecule has 0 saturated heterocycles. The summed E-state index contributed by atoms with van der Waals surface area (Å²) in [6.07, 6.45) is 7.57. The number of carbonyl (C=O) groups excluding carboxylic acids is 1. The van der Waals surface area contributed by atoms with E-state index in [1.54, 1.807) is 0 Å². The Kier molecular flexibility index (Phi) is 8.81. The number of alkyl halides is 1. The molecular weight excluding hydrogens is 428 g/mol. The van der Waals surface area contributed by atoms with Gasteiger partial charge in [-0.3, -0.25) is 0 Å². The van der Waals surface area contributed by atoms with Crippen molar-refractivity contribution in [3.05, 3.63) is 28.3 Å². The van der Waals surface area contributed by atoms with Gasteiger partial charge in [0.1, 0.15) is 12.0 Å². The quantitative estimate of drug-likeness (QED) is 0.253. The molecule has 2 atom stereocenters. The minimum Gasteiger partial charge on any atom is -0.553 e. The Bertz CT molecular complexity index is 663.